The number of nitrogens with two attached hydrogens (primary N) is 1. The summed E-state index contributed by atoms with van der Waals surface area (Å²) in [5.41, 5.74) is 7.38. The van der Waals surface area contributed by atoms with Crippen LogP contribution in [0.15, 0.2) is 23.0 Å². The van der Waals surface area contributed by atoms with Crippen LogP contribution >= 0.6 is 0 Å². The zero-order chi connectivity index (χ0) is 23.3. The quantitative estimate of drug-likeness (QED) is 0.477. The average molecular weight is 446 g/mol. The van der Waals surface area contributed by atoms with Gasteiger partial charge in [-0.15, -0.1) is 0 Å². The number of amides is 1. The van der Waals surface area contributed by atoms with E-state index < -0.39 is 17.9 Å². The SMILES string of the molecule is Cn1c(=O)n(C(C=O)CCC(N)=O)c2ccc(CN3CCN(CCCC(=O)O)CC3)cc21. The van der Waals surface area contributed by atoms with E-state index in [0.717, 1.165) is 50.3 Å². The molecule has 0 spiro atoms. The third-order valence-corrected chi connectivity index (χ3v) is 6.07. The van der Waals surface area contributed by atoms with Gasteiger partial charge in [-0.2, -0.15) is 0 Å². The third kappa shape index (κ3) is 5.63. The van der Waals surface area contributed by atoms with Crippen molar-refractivity contribution in [3.05, 3.63) is 34.2 Å². The van der Waals surface area contributed by atoms with Crippen LogP contribution in [0, 0.1) is 0 Å². The van der Waals surface area contributed by atoms with Crippen molar-refractivity contribution >= 4 is 29.2 Å². The van der Waals surface area contributed by atoms with Gasteiger partial charge in [-0.3, -0.25) is 23.6 Å². The minimum atomic E-state index is -0.755. The van der Waals surface area contributed by atoms with Crippen LogP contribution in [-0.2, 0) is 28.0 Å². The lowest BCUT2D eigenvalue weighted by atomic mass is 10.1. The first-order chi connectivity index (χ1) is 15.3. The Labute approximate surface area is 186 Å². The van der Waals surface area contributed by atoms with Crippen molar-refractivity contribution < 1.29 is 19.5 Å². The van der Waals surface area contributed by atoms with Crippen molar-refractivity contribution in [1.29, 1.82) is 0 Å². The van der Waals surface area contributed by atoms with Crippen LogP contribution in [0.2, 0.25) is 0 Å². The van der Waals surface area contributed by atoms with E-state index in [4.69, 9.17) is 10.8 Å². The number of hydrogen-bond donors (Lipinski definition) is 2. The standard InChI is InChI=1S/C22H31N5O5/c1-24-19-13-16(14-26-11-9-25(10-12-26)8-2-3-21(30)31)4-6-18(19)27(22(24)32)17(15-28)5-7-20(23)29/h4,6,13,15,17H,2-3,5,7-12,14H2,1H3,(H2,23,29)(H,30,31). The van der Waals surface area contributed by atoms with Gasteiger partial charge in [-0.25, -0.2) is 4.79 Å². The molecule has 0 bridgehead atoms. The molecular weight excluding hydrogens is 414 g/mol. The molecule has 1 unspecified atom stereocenters. The van der Waals surface area contributed by atoms with Crippen LogP contribution in [0.1, 0.15) is 37.3 Å². The lowest BCUT2D eigenvalue weighted by Gasteiger charge is -2.34. The number of imidazole rings is 1. The zero-order valence-corrected chi connectivity index (χ0v) is 18.4. The maximum Gasteiger partial charge on any atom is 0.329 e. The van der Waals surface area contributed by atoms with Crippen molar-refractivity contribution in [3.8, 4) is 0 Å². The molecule has 1 aromatic carbocycles. The van der Waals surface area contributed by atoms with Gasteiger partial charge in [-0.1, -0.05) is 6.07 Å². The molecule has 1 fully saturated rings. The molecule has 1 atom stereocenters. The Hall–Kier alpha value is -2.98. The summed E-state index contributed by atoms with van der Waals surface area (Å²) in [6.07, 6.45) is 1.78. The summed E-state index contributed by atoms with van der Waals surface area (Å²) in [5, 5.41) is 8.77. The monoisotopic (exact) mass is 445 g/mol. The Bertz CT molecular complexity index is 1040. The average Bonchev–Trinajstić information content (AvgIpc) is 3.00. The molecule has 10 heteroatoms. The minimum absolute atomic E-state index is 0.0343. The van der Waals surface area contributed by atoms with Gasteiger partial charge in [0.15, 0.2) is 0 Å². The fraction of sp³-hybridized carbons (Fsp3) is 0.545. The van der Waals surface area contributed by atoms with Gasteiger partial charge in [0, 0.05) is 52.6 Å². The number of hydrogen-bond acceptors (Lipinski definition) is 6. The third-order valence-electron chi connectivity index (χ3n) is 6.07. The second kappa shape index (κ2) is 10.6. The van der Waals surface area contributed by atoms with E-state index in [1.54, 1.807) is 7.05 Å². The molecular formula is C22H31N5O5. The summed E-state index contributed by atoms with van der Waals surface area (Å²) in [6, 6.07) is 5.06. The molecule has 1 aliphatic rings. The Kier molecular flexibility index (Phi) is 7.81. The first kappa shape index (κ1) is 23.7. The largest absolute Gasteiger partial charge is 0.481 e. The van der Waals surface area contributed by atoms with Gasteiger partial charge in [0.1, 0.15) is 6.29 Å². The number of aliphatic carboxylic acids is 1. The number of piperazine rings is 1. The van der Waals surface area contributed by atoms with E-state index in [0.29, 0.717) is 18.2 Å². The summed E-state index contributed by atoms with van der Waals surface area (Å²) in [6.45, 7) is 5.14. The molecule has 32 heavy (non-hydrogen) atoms. The van der Waals surface area contributed by atoms with Gasteiger partial charge in [-0.05, 0) is 37.1 Å². The maximum absolute atomic E-state index is 12.8. The van der Waals surface area contributed by atoms with Gasteiger partial charge >= 0.3 is 11.7 Å². The van der Waals surface area contributed by atoms with Gasteiger partial charge in [0.2, 0.25) is 5.91 Å². The molecule has 1 aromatic heterocycles. The molecule has 1 aliphatic heterocycles. The highest BCUT2D eigenvalue weighted by Gasteiger charge is 2.21. The van der Waals surface area contributed by atoms with Crippen molar-refractivity contribution in [2.45, 2.75) is 38.3 Å². The number of rotatable bonds is 11. The molecule has 0 saturated carbocycles. The topological polar surface area (TPSA) is 131 Å². The number of aldehydes is 1. The molecule has 0 radical (unpaired) electrons. The van der Waals surface area contributed by atoms with E-state index >= 15 is 0 Å². The smallest absolute Gasteiger partial charge is 0.329 e. The van der Waals surface area contributed by atoms with E-state index in [1.807, 2.05) is 18.2 Å². The lowest BCUT2D eigenvalue weighted by molar-refractivity contribution is -0.137. The van der Waals surface area contributed by atoms with Crippen LogP contribution in [0.3, 0.4) is 0 Å². The molecule has 1 amide bonds. The van der Waals surface area contributed by atoms with Crippen LogP contribution in [0.5, 0.6) is 0 Å². The van der Waals surface area contributed by atoms with Crippen LogP contribution in [0.4, 0.5) is 0 Å². The highest BCUT2D eigenvalue weighted by molar-refractivity contribution is 5.79. The summed E-state index contributed by atoms with van der Waals surface area (Å²) < 4.78 is 2.96. The molecule has 0 aliphatic carbocycles. The number of nitrogens with zero attached hydrogens (tertiary/aromatic N) is 4. The molecule has 1 saturated heterocycles. The first-order valence-electron chi connectivity index (χ1n) is 10.9. The number of carboxylic acids is 1. The Morgan fingerprint density at radius 1 is 1.12 bits per heavy atom. The van der Waals surface area contributed by atoms with Crippen LogP contribution < -0.4 is 11.4 Å². The normalized spacial score (nSPS) is 16.3. The van der Waals surface area contributed by atoms with Crippen molar-refractivity contribution in [3.63, 3.8) is 0 Å². The fourth-order valence-electron chi connectivity index (χ4n) is 4.26. The molecule has 2 heterocycles. The predicted octanol–water partition coefficient (Wildman–Crippen LogP) is 0.328. The Morgan fingerprint density at radius 3 is 2.44 bits per heavy atom. The highest BCUT2D eigenvalue weighted by atomic mass is 16.4. The number of primary amides is 1. The summed E-state index contributed by atoms with van der Waals surface area (Å²) in [5.74, 6) is -1.26. The lowest BCUT2D eigenvalue weighted by Crippen LogP contribution is -2.46. The van der Waals surface area contributed by atoms with Gasteiger partial charge in [0.25, 0.3) is 0 Å². The summed E-state index contributed by atoms with van der Waals surface area (Å²) in [4.78, 5) is 50.8. The molecule has 3 rings (SSSR count). The molecule has 2 aromatic rings. The van der Waals surface area contributed by atoms with Crippen LogP contribution in [-0.4, -0.2) is 74.9 Å². The Morgan fingerprint density at radius 2 is 1.81 bits per heavy atom. The minimum Gasteiger partial charge on any atom is -0.481 e. The van der Waals surface area contributed by atoms with Gasteiger partial charge < -0.3 is 20.5 Å². The fourth-order valence-corrected chi connectivity index (χ4v) is 4.26. The second-order valence-corrected chi connectivity index (χ2v) is 8.36. The van der Waals surface area contributed by atoms with E-state index in [1.165, 1.54) is 9.13 Å². The number of carboxylic acid groups (broad SMARTS) is 1. The number of aromatic nitrogens is 2. The van der Waals surface area contributed by atoms with Crippen molar-refractivity contribution in [1.82, 2.24) is 18.9 Å². The van der Waals surface area contributed by atoms with Crippen molar-refractivity contribution in [2.24, 2.45) is 12.8 Å². The zero-order valence-electron chi connectivity index (χ0n) is 18.4. The first-order valence-corrected chi connectivity index (χ1v) is 10.9. The van der Waals surface area contributed by atoms with Crippen molar-refractivity contribution in [2.75, 3.05) is 32.7 Å². The number of carbonyl (C=O) groups excluding carboxylic acids is 2. The van der Waals surface area contributed by atoms with E-state index in [-0.39, 0.29) is 25.0 Å². The van der Waals surface area contributed by atoms with E-state index in [9.17, 15) is 19.2 Å². The highest BCUT2D eigenvalue weighted by Crippen LogP contribution is 2.21. The predicted molar refractivity (Wildman–Crippen MR) is 119 cm³/mol. The number of fused-ring (bicyclic) bond motifs is 1. The number of benzene rings is 1. The van der Waals surface area contributed by atoms with E-state index in [2.05, 4.69) is 9.80 Å². The number of aryl methyl sites for hydroxylation is 1. The van der Waals surface area contributed by atoms with Crippen LogP contribution in [0.25, 0.3) is 11.0 Å². The molecule has 174 valence electrons. The summed E-state index contributed by atoms with van der Waals surface area (Å²) >= 11 is 0. The number of carbonyl (C=O) groups is 3. The summed E-state index contributed by atoms with van der Waals surface area (Å²) in [7, 11) is 1.68. The molecule has 10 nitrogen and oxygen atoms in total. The molecule has 3 N–H and O–H groups in total. The second-order valence-electron chi connectivity index (χ2n) is 8.36. The maximum atomic E-state index is 12.8. The van der Waals surface area contributed by atoms with Gasteiger partial charge in [0.05, 0.1) is 17.1 Å². The Balaban J connectivity index is 1.68.